The van der Waals surface area contributed by atoms with Crippen molar-refractivity contribution in [1.29, 1.82) is 0 Å². The van der Waals surface area contributed by atoms with Gasteiger partial charge in [-0.2, -0.15) is 0 Å². The van der Waals surface area contributed by atoms with Gasteiger partial charge >= 0.3 is 5.97 Å². The van der Waals surface area contributed by atoms with Crippen LogP contribution in [0.4, 0.5) is 5.69 Å². The molecule has 31 heavy (non-hydrogen) atoms. The summed E-state index contributed by atoms with van der Waals surface area (Å²) in [6, 6.07) is 13.0. The van der Waals surface area contributed by atoms with Gasteiger partial charge in [0.15, 0.2) is 6.61 Å². The lowest BCUT2D eigenvalue weighted by Gasteiger charge is -2.29. The van der Waals surface area contributed by atoms with Crippen molar-refractivity contribution in [1.82, 2.24) is 4.90 Å². The summed E-state index contributed by atoms with van der Waals surface area (Å²) in [4.78, 5) is 54.0. The Balaban J connectivity index is 1.49. The van der Waals surface area contributed by atoms with Crippen LogP contribution in [0.5, 0.6) is 0 Å². The number of carbonyl (C=O) groups is 4. The van der Waals surface area contributed by atoms with Crippen molar-refractivity contribution in [3.8, 4) is 0 Å². The molecule has 2 aliphatic heterocycles. The molecule has 0 aliphatic carbocycles. The van der Waals surface area contributed by atoms with E-state index < -0.39 is 30.4 Å². The number of hydrogen-bond acceptors (Lipinski definition) is 5. The Morgan fingerprint density at radius 2 is 1.61 bits per heavy atom. The minimum absolute atomic E-state index is 0.276. The van der Waals surface area contributed by atoms with Gasteiger partial charge in [0.25, 0.3) is 17.7 Å². The van der Waals surface area contributed by atoms with Gasteiger partial charge in [0, 0.05) is 12.2 Å². The molecule has 7 heteroatoms. The van der Waals surface area contributed by atoms with Crippen molar-refractivity contribution in [2.24, 2.45) is 5.92 Å². The van der Waals surface area contributed by atoms with Crippen LogP contribution in [0.2, 0.25) is 0 Å². The van der Waals surface area contributed by atoms with E-state index in [-0.39, 0.29) is 23.0 Å². The van der Waals surface area contributed by atoms with E-state index in [1.54, 1.807) is 36.1 Å². The molecule has 2 aromatic rings. The van der Waals surface area contributed by atoms with Gasteiger partial charge in [0.2, 0.25) is 0 Å². The molecular weight excluding hydrogens is 396 g/mol. The SMILES string of the molecule is CC[C@H](C)[C@@H](C(=O)OCC(=O)N1CCc2ccccc21)N1C(=O)c2ccccc2C1=O. The lowest BCUT2D eigenvalue weighted by molar-refractivity contribution is -0.153. The second-order valence-electron chi connectivity index (χ2n) is 7.89. The van der Waals surface area contributed by atoms with E-state index in [1.807, 2.05) is 31.2 Å². The molecule has 0 fully saturated rings. The minimum atomic E-state index is -1.09. The standard InChI is InChI=1S/C24H24N2O5/c1-3-15(2)21(26-22(28)17-9-5-6-10-18(17)23(26)29)24(30)31-14-20(27)25-13-12-16-8-4-7-11-19(16)25/h4-11,15,21H,3,12-14H2,1-2H3/t15-,21-/m0/s1. The summed E-state index contributed by atoms with van der Waals surface area (Å²) in [7, 11) is 0. The second kappa shape index (κ2) is 8.34. The molecule has 0 aromatic heterocycles. The van der Waals surface area contributed by atoms with Crippen molar-refractivity contribution >= 4 is 29.4 Å². The first-order chi connectivity index (χ1) is 14.9. The molecule has 0 spiro atoms. The lowest BCUT2D eigenvalue weighted by Crippen LogP contribution is -2.49. The quantitative estimate of drug-likeness (QED) is 0.530. The van der Waals surface area contributed by atoms with Crippen molar-refractivity contribution < 1.29 is 23.9 Å². The smallest absolute Gasteiger partial charge is 0.330 e. The second-order valence-corrected chi connectivity index (χ2v) is 7.89. The lowest BCUT2D eigenvalue weighted by atomic mass is 9.97. The molecule has 0 unspecified atom stereocenters. The number of esters is 1. The Morgan fingerprint density at radius 3 is 2.26 bits per heavy atom. The first kappa shape index (κ1) is 20.8. The van der Waals surface area contributed by atoms with Crippen molar-refractivity contribution in [2.45, 2.75) is 32.7 Å². The van der Waals surface area contributed by atoms with Crippen LogP contribution in [0, 0.1) is 5.92 Å². The number of para-hydroxylation sites is 1. The number of nitrogens with zero attached hydrogens (tertiary/aromatic N) is 2. The summed E-state index contributed by atoms with van der Waals surface area (Å²) in [5.41, 5.74) is 2.45. The van der Waals surface area contributed by atoms with Crippen LogP contribution in [-0.2, 0) is 20.7 Å². The third-order valence-corrected chi connectivity index (χ3v) is 6.05. The Morgan fingerprint density at radius 1 is 1.00 bits per heavy atom. The number of ether oxygens (including phenoxy) is 1. The van der Waals surface area contributed by atoms with Gasteiger partial charge in [-0.05, 0) is 36.1 Å². The topological polar surface area (TPSA) is 84.0 Å². The van der Waals surface area contributed by atoms with E-state index in [0.29, 0.717) is 13.0 Å². The third kappa shape index (κ3) is 3.60. The normalized spacial score (nSPS) is 16.7. The molecular formula is C24H24N2O5. The predicted molar refractivity (Wildman–Crippen MR) is 114 cm³/mol. The van der Waals surface area contributed by atoms with E-state index in [1.165, 1.54) is 0 Å². The zero-order chi connectivity index (χ0) is 22.1. The molecule has 2 heterocycles. The number of fused-ring (bicyclic) bond motifs is 2. The van der Waals surface area contributed by atoms with Gasteiger partial charge in [-0.3, -0.25) is 19.3 Å². The van der Waals surface area contributed by atoms with Crippen molar-refractivity contribution in [3.05, 3.63) is 65.2 Å². The fraction of sp³-hybridized carbons (Fsp3) is 0.333. The maximum absolute atomic E-state index is 13.0. The molecule has 0 radical (unpaired) electrons. The molecule has 0 saturated heterocycles. The van der Waals surface area contributed by atoms with Crippen LogP contribution >= 0.6 is 0 Å². The highest BCUT2D eigenvalue weighted by Gasteiger charge is 2.45. The highest BCUT2D eigenvalue weighted by atomic mass is 16.5. The Bertz CT molecular complexity index is 1030. The zero-order valence-corrected chi connectivity index (χ0v) is 17.5. The van der Waals surface area contributed by atoms with Gasteiger partial charge in [0.1, 0.15) is 6.04 Å². The molecule has 7 nitrogen and oxygen atoms in total. The van der Waals surface area contributed by atoms with Crippen molar-refractivity contribution in [2.75, 3.05) is 18.1 Å². The fourth-order valence-electron chi connectivity index (χ4n) is 4.17. The van der Waals surface area contributed by atoms with E-state index in [2.05, 4.69) is 0 Å². The number of rotatable bonds is 6. The van der Waals surface area contributed by atoms with E-state index in [0.717, 1.165) is 22.6 Å². The van der Waals surface area contributed by atoms with Crippen LogP contribution in [-0.4, -0.2) is 47.8 Å². The Hall–Kier alpha value is -3.48. The molecule has 160 valence electrons. The number of amides is 3. The first-order valence-electron chi connectivity index (χ1n) is 10.5. The van der Waals surface area contributed by atoms with Crippen LogP contribution < -0.4 is 4.90 Å². The first-order valence-corrected chi connectivity index (χ1v) is 10.5. The summed E-state index contributed by atoms with van der Waals surface area (Å²) < 4.78 is 5.35. The van der Waals surface area contributed by atoms with Crippen LogP contribution in [0.3, 0.4) is 0 Å². The van der Waals surface area contributed by atoms with Crippen LogP contribution in [0.25, 0.3) is 0 Å². The molecule has 4 rings (SSSR count). The Labute approximate surface area is 180 Å². The molecule has 2 aromatic carbocycles. The average molecular weight is 420 g/mol. The fourth-order valence-corrected chi connectivity index (χ4v) is 4.17. The third-order valence-electron chi connectivity index (χ3n) is 6.05. The highest BCUT2D eigenvalue weighted by molar-refractivity contribution is 6.22. The number of anilines is 1. The number of benzene rings is 2. The minimum Gasteiger partial charge on any atom is -0.454 e. The van der Waals surface area contributed by atoms with Crippen LogP contribution in [0.15, 0.2) is 48.5 Å². The maximum atomic E-state index is 13.0. The van der Waals surface area contributed by atoms with Gasteiger partial charge < -0.3 is 9.64 Å². The summed E-state index contributed by atoms with van der Waals surface area (Å²) >= 11 is 0. The maximum Gasteiger partial charge on any atom is 0.330 e. The molecule has 0 bridgehead atoms. The van der Waals surface area contributed by atoms with E-state index in [4.69, 9.17) is 4.74 Å². The predicted octanol–water partition coefficient (Wildman–Crippen LogP) is 2.83. The van der Waals surface area contributed by atoms with Gasteiger partial charge in [0.05, 0.1) is 11.1 Å². The summed E-state index contributed by atoms with van der Waals surface area (Å²) in [6.07, 6.45) is 1.31. The van der Waals surface area contributed by atoms with Gasteiger partial charge in [-0.1, -0.05) is 50.6 Å². The number of hydrogen-bond donors (Lipinski definition) is 0. The summed E-state index contributed by atoms with van der Waals surface area (Å²) in [5.74, 6) is -2.42. The summed E-state index contributed by atoms with van der Waals surface area (Å²) in [5, 5.41) is 0. The number of carbonyl (C=O) groups excluding carboxylic acids is 4. The van der Waals surface area contributed by atoms with Crippen LogP contribution in [0.1, 0.15) is 46.5 Å². The van der Waals surface area contributed by atoms with E-state index in [9.17, 15) is 19.2 Å². The molecule has 0 N–H and O–H groups in total. The summed E-state index contributed by atoms with van der Waals surface area (Å²) in [6.45, 7) is 3.75. The van der Waals surface area contributed by atoms with Gasteiger partial charge in [-0.25, -0.2) is 4.79 Å². The van der Waals surface area contributed by atoms with E-state index >= 15 is 0 Å². The average Bonchev–Trinajstić information content (AvgIpc) is 3.33. The highest BCUT2D eigenvalue weighted by Crippen LogP contribution is 2.30. The largest absolute Gasteiger partial charge is 0.454 e. The van der Waals surface area contributed by atoms with Gasteiger partial charge in [-0.15, -0.1) is 0 Å². The Kier molecular flexibility index (Phi) is 5.59. The molecule has 2 atom stereocenters. The number of imide groups is 1. The molecule has 0 saturated carbocycles. The molecule has 3 amide bonds. The molecule has 2 aliphatic rings. The zero-order valence-electron chi connectivity index (χ0n) is 17.5. The van der Waals surface area contributed by atoms with Crippen molar-refractivity contribution in [3.63, 3.8) is 0 Å². The monoisotopic (exact) mass is 420 g/mol.